The standard InChI is InChI=1S/C18H18O2/c19-18(20)11-10-14-12-17(13-6-2-1-3-7-13)16-9-5-4-8-15(14)16/h1-9,14,17H,10-12H2,(H,19,20)/t14-,17+/m1/s1. The van der Waals surface area contributed by atoms with Crippen molar-refractivity contribution in [1.29, 1.82) is 0 Å². The number of aliphatic carboxylic acids is 1. The molecule has 2 nitrogen and oxygen atoms in total. The molecular weight excluding hydrogens is 248 g/mol. The van der Waals surface area contributed by atoms with Crippen molar-refractivity contribution in [2.45, 2.75) is 31.1 Å². The maximum atomic E-state index is 10.8. The smallest absolute Gasteiger partial charge is 0.303 e. The fourth-order valence-electron chi connectivity index (χ4n) is 3.31. The van der Waals surface area contributed by atoms with Crippen molar-refractivity contribution in [1.82, 2.24) is 0 Å². The minimum absolute atomic E-state index is 0.251. The number of carbonyl (C=O) groups is 1. The zero-order chi connectivity index (χ0) is 13.9. The van der Waals surface area contributed by atoms with Gasteiger partial charge in [0.2, 0.25) is 0 Å². The molecule has 1 N–H and O–H groups in total. The van der Waals surface area contributed by atoms with Crippen LogP contribution in [-0.2, 0) is 4.79 Å². The van der Waals surface area contributed by atoms with Crippen molar-refractivity contribution in [2.24, 2.45) is 0 Å². The van der Waals surface area contributed by atoms with Gasteiger partial charge in [-0.2, -0.15) is 0 Å². The van der Waals surface area contributed by atoms with Crippen molar-refractivity contribution in [2.75, 3.05) is 0 Å². The molecule has 0 amide bonds. The third-order valence-corrected chi connectivity index (χ3v) is 4.24. The minimum Gasteiger partial charge on any atom is -0.481 e. The summed E-state index contributed by atoms with van der Waals surface area (Å²) in [6, 6.07) is 19.0. The van der Waals surface area contributed by atoms with E-state index in [-0.39, 0.29) is 6.42 Å². The van der Waals surface area contributed by atoms with Gasteiger partial charge < -0.3 is 5.11 Å². The first-order valence-electron chi connectivity index (χ1n) is 7.11. The summed E-state index contributed by atoms with van der Waals surface area (Å²) in [5.74, 6) is 0.0735. The van der Waals surface area contributed by atoms with E-state index in [0.717, 1.165) is 12.8 Å². The molecule has 0 aliphatic heterocycles. The lowest BCUT2D eigenvalue weighted by molar-refractivity contribution is -0.137. The van der Waals surface area contributed by atoms with E-state index in [2.05, 4.69) is 48.5 Å². The lowest BCUT2D eigenvalue weighted by atomic mass is 9.92. The van der Waals surface area contributed by atoms with Gasteiger partial charge in [-0.25, -0.2) is 0 Å². The minimum atomic E-state index is -0.703. The molecule has 0 heterocycles. The lowest BCUT2D eigenvalue weighted by Crippen LogP contribution is -2.01. The molecule has 0 spiro atoms. The number of carboxylic acids is 1. The number of hydrogen-bond acceptors (Lipinski definition) is 1. The van der Waals surface area contributed by atoms with Gasteiger partial charge in [-0.05, 0) is 35.4 Å². The topological polar surface area (TPSA) is 37.3 Å². The van der Waals surface area contributed by atoms with E-state index < -0.39 is 5.97 Å². The molecule has 2 heteroatoms. The Labute approximate surface area is 119 Å². The van der Waals surface area contributed by atoms with Crippen LogP contribution in [0.1, 0.15) is 47.8 Å². The largest absolute Gasteiger partial charge is 0.481 e. The molecule has 3 rings (SSSR count). The van der Waals surface area contributed by atoms with E-state index in [9.17, 15) is 4.79 Å². The first-order chi connectivity index (χ1) is 9.75. The number of hydrogen-bond donors (Lipinski definition) is 1. The molecule has 0 saturated heterocycles. The van der Waals surface area contributed by atoms with Crippen LogP contribution in [0.3, 0.4) is 0 Å². The van der Waals surface area contributed by atoms with E-state index in [1.54, 1.807) is 0 Å². The average Bonchev–Trinajstić information content (AvgIpc) is 2.85. The summed E-state index contributed by atoms with van der Waals surface area (Å²) in [5.41, 5.74) is 4.04. The zero-order valence-corrected chi connectivity index (χ0v) is 11.3. The van der Waals surface area contributed by atoms with Crippen molar-refractivity contribution in [3.05, 3.63) is 71.3 Å². The molecule has 102 valence electrons. The second-order valence-electron chi connectivity index (χ2n) is 5.46. The fourth-order valence-corrected chi connectivity index (χ4v) is 3.31. The van der Waals surface area contributed by atoms with Crippen LogP contribution in [0.25, 0.3) is 0 Å². The molecule has 0 radical (unpaired) electrons. The highest BCUT2D eigenvalue weighted by molar-refractivity contribution is 5.66. The molecule has 20 heavy (non-hydrogen) atoms. The summed E-state index contributed by atoms with van der Waals surface area (Å²) in [6.45, 7) is 0. The van der Waals surface area contributed by atoms with Crippen molar-refractivity contribution in [3.8, 4) is 0 Å². The van der Waals surface area contributed by atoms with Crippen LogP contribution >= 0.6 is 0 Å². The van der Waals surface area contributed by atoms with Gasteiger partial charge >= 0.3 is 5.97 Å². The Morgan fingerprint density at radius 1 is 1.00 bits per heavy atom. The van der Waals surface area contributed by atoms with Crippen LogP contribution in [0.15, 0.2) is 54.6 Å². The van der Waals surface area contributed by atoms with Gasteiger partial charge in [0.1, 0.15) is 0 Å². The maximum absolute atomic E-state index is 10.8. The molecule has 0 fully saturated rings. The van der Waals surface area contributed by atoms with Crippen molar-refractivity contribution < 1.29 is 9.90 Å². The molecule has 0 aromatic heterocycles. The predicted octanol–water partition coefficient (Wildman–Crippen LogP) is 4.17. The number of carboxylic acid groups (broad SMARTS) is 1. The van der Waals surface area contributed by atoms with Gasteiger partial charge in [0.15, 0.2) is 0 Å². The number of fused-ring (bicyclic) bond motifs is 1. The van der Waals surface area contributed by atoms with Crippen LogP contribution in [0, 0.1) is 0 Å². The summed E-state index contributed by atoms with van der Waals surface area (Å²) in [5, 5.41) is 8.90. The molecule has 0 bridgehead atoms. The highest BCUT2D eigenvalue weighted by Gasteiger charge is 2.31. The Bertz CT molecular complexity index is 604. The van der Waals surface area contributed by atoms with Gasteiger partial charge in [0.25, 0.3) is 0 Å². The van der Waals surface area contributed by atoms with Gasteiger partial charge in [0, 0.05) is 12.3 Å². The molecule has 1 aliphatic rings. The second-order valence-corrected chi connectivity index (χ2v) is 5.46. The lowest BCUT2D eigenvalue weighted by Gasteiger charge is -2.12. The zero-order valence-electron chi connectivity index (χ0n) is 11.3. The maximum Gasteiger partial charge on any atom is 0.303 e. The van der Waals surface area contributed by atoms with Gasteiger partial charge in [0.05, 0.1) is 0 Å². The third kappa shape index (κ3) is 2.46. The Morgan fingerprint density at radius 2 is 1.65 bits per heavy atom. The predicted molar refractivity (Wildman–Crippen MR) is 79.0 cm³/mol. The van der Waals surface area contributed by atoms with Crippen molar-refractivity contribution >= 4 is 5.97 Å². The Kier molecular flexibility index (Phi) is 3.55. The van der Waals surface area contributed by atoms with E-state index in [1.165, 1.54) is 16.7 Å². The summed E-state index contributed by atoms with van der Waals surface area (Å²) < 4.78 is 0. The van der Waals surface area contributed by atoms with Gasteiger partial charge in [-0.1, -0.05) is 54.6 Å². The first-order valence-corrected chi connectivity index (χ1v) is 7.11. The molecule has 2 atom stereocenters. The van der Waals surface area contributed by atoms with Crippen molar-refractivity contribution in [3.63, 3.8) is 0 Å². The van der Waals surface area contributed by atoms with Gasteiger partial charge in [-0.3, -0.25) is 4.79 Å². The van der Waals surface area contributed by atoms with E-state index in [4.69, 9.17) is 5.11 Å². The van der Waals surface area contributed by atoms with E-state index in [0.29, 0.717) is 11.8 Å². The highest BCUT2D eigenvalue weighted by atomic mass is 16.4. The normalized spacial score (nSPS) is 20.6. The van der Waals surface area contributed by atoms with Crippen LogP contribution in [-0.4, -0.2) is 11.1 Å². The first kappa shape index (κ1) is 12.9. The molecule has 1 aliphatic carbocycles. The Hall–Kier alpha value is -2.09. The molecule has 2 aromatic carbocycles. The second kappa shape index (κ2) is 5.49. The Morgan fingerprint density at radius 3 is 2.35 bits per heavy atom. The molecule has 2 aromatic rings. The fraction of sp³-hybridized carbons (Fsp3) is 0.278. The molecular formula is C18H18O2. The molecule has 0 unspecified atom stereocenters. The summed E-state index contributed by atoms with van der Waals surface area (Å²) in [4.78, 5) is 10.8. The quantitative estimate of drug-likeness (QED) is 0.901. The van der Waals surface area contributed by atoms with E-state index >= 15 is 0 Å². The highest BCUT2D eigenvalue weighted by Crippen LogP contribution is 2.46. The van der Waals surface area contributed by atoms with Crippen LogP contribution < -0.4 is 0 Å². The number of benzene rings is 2. The Balaban J connectivity index is 1.90. The van der Waals surface area contributed by atoms with Crippen LogP contribution in [0.2, 0.25) is 0 Å². The van der Waals surface area contributed by atoms with Crippen LogP contribution in [0.5, 0.6) is 0 Å². The summed E-state index contributed by atoms with van der Waals surface area (Å²) >= 11 is 0. The monoisotopic (exact) mass is 266 g/mol. The summed E-state index contributed by atoms with van der Waals surface area (Å²) in [7, 11) is 0. The number of rotatable bonds is 4. The van der Waals surface area contributed by atoms with Crippen LogP contribution in [0.4, 0.5) is 0 Å². The SMILES string of the molecule is O=C(O)CC[C@@H]1C[C@@H](c2ccccc2)c2ccccc21. The third-order valence-electron chi connectivity index (χ3n) is 4.24. The average molecular weight is 266 g/mol. The summed E-state index contributed by atoms with van der Waals surface area (Å²) in [6.07, 6.45) is 2.01. The van der Waals surface area contributed by atoms with Gasteiger partial charge in [-0.15, -0.1) is 0 Å². The molecule has 0 saturated carbocycles. The van der Waals surface area contributed by atoms with E-state index in [1.807, 2.05) is 6.07 Å².